The van der Waals surface area contributed by atoms with Gasteiger partial charge in [0.15, 0.2) is 0 Å². The van der Waals surface area contributed by atoms with Crippen molar-refractivity contribution < 1.29 is 4.42 Å². The zero-order valence-electron chi connectivity index (χ0n) is 31.1. The number of rotatable bonds is 7. The van der Waals surface area contributed by atoms with Crippen molar-refractivity contribution in [3.8, 4) is 39.1 Å². The van der Waals surface area contributed by atoms with Crippen molar-refractivity contribution in [1.82, 2.24) is 4.57 Å². The minimum Gasteiger partial charge on any atom is -0.455 e. The monoisotopic (exact) mass is 728 g/mol. The first-order valence-corrected chi connectivity index (χ1v) is 19.4. The third kappa shape index (κ3) is 5.60. The van der Waals surface area contributed by atoms with Gasteiger partial charge in [0, 0.05) is 44.2 Å². The highest BCUT2D eigenvalue weighted by Crippen LogP contribution is 2.47. The van der Waals surface area contributed by atoms with Crippen LogP contribution in [0, 0.1) is 0 Å². The summed E-state index contributed by atoms with van der Waals surface area (Å²) in [6.07, 6.45) is 0. The Morgan fingerprint density at radius 2 is 0.895 bits per heavy atom. The molecule has 2 heterocycles. The molecular weight excluding hydrogens is 693 g/mol. The van der Waals surface area contributed by atoms with Crippen LogP contribution in [0.3, 0.4) is 0 Å². The van der Waals surface area contributed by atoms with Gasteiger partial charge in [-0.3, -0.25) is 0 Å². The zero-order chi connectivity index (χ0) is 37.7. The van der Waals surface area contributed by atoms with Crippen LogP contribution in [0.4, 0.5) is 17.1 Å². The fraction of sp³-hybridized carbons (Fsp3) is 0. The van der Waals surface area contributed by atoms with Gasteiger partial charge >= 0.3 is 0 Å². The Morgan fingerprint density at radius 3 is 1.58 bits per heavy atom. The smallest absolute Gasteiger partial charge is 0.145 e. The molecule has 0 saturated carbocycles. The summed E-state index contributed by atoms with van der Waals surface area (Å²) in [5.41, 5.74) is 15.2. The Bertz CT molecular complexity index is 3160. The number of fused-ring (bicyclic) bond motifs is 6. The summed E-state index contributed by atoms with van der Waals surface area (Å²) >= 11 is 0. The zero-order valence-corrected chi connectivity index (χ0v) is 31.1. The first-order valence-electron chi connectivity index (χ1n) is 19.4. The Hall–Kier alpha value is -7.62. The van der Waals surface area contributed by atoms with Crippen molar-refractivity contribution in [2.75, 3.05) is 4.90 Å². The van der Waals surface area contributed by atoms with Gasteiger partial charge in [0.05, 0.1) is 16.7 Å². The SMILES string of the molecule is c1ccc(-c2ccc(N(c3cccc(-c4ccccc4)c3)c3ccc4c(oc5ccccc54)c3-c3ccc(-n4c5ccccc5c5ccccc54)cc3)cc2)cc1. The van der Waals surface area contributed by atoms with Crippen LogP contribution < -0.4 is 4.90 Å². The molecule has 0 saturated heterocycles. The predicted molar refractivity (Wildman–Crippen MR) is 239 cm³/mol. The Kier molecular flexibility index (Phi) is 7.82. The molecule has 0 amide bonds. The number of aromatic nitrogens is 1. The lowest BCUT2D eigenvalue weighted by Crippen LogP contribution is -2.11. The van der Waals surface area contributed by atoms with Crippen LogP contribution in [0.5, 0.6) is 0 Å². The van der Waals surface area contributed by atoms with Crippen molar-refractivity contribution in [3.05, 3.63) is 218 Å². The second-order valence-electron chi connectivity index (χ2n) is 14.5. The molecule has 3 heteroatoms. The van der Waals surface area contributed by atoms with E-state index in [0.717, 1.165) is 61.4 Å². The van der Waals surface area contributed by atoms with Crippen molar-refractivity contribution in [3.63, 3.8) is 0 Å². The van der Waals surface area contributed by atoms with Gasteiger partial charge in [0.25, 0.3) is 0 Å². The van der Waals surface area contributed by atoms with E-state index in [9.17, 15) is 0 Å². The minimum atomic E-state index is 0.864. The first kappa shape index (κ1) is 32.8. The first-order chi connectivity index (χ1) is 28.3. The summed E-state index contributed by atoms with van der Waals surface area (Å²) in [6, 6.07) is 78.0. The van der Waals surface area contributed by atoms with Crippen LogP contribution in [0.2, 0.25) is 0 Å². The van der Waals surface area contributed by atoms with Crippen LogP contribution in [0.1, 0.15) is 0 Å². The van der Waals surface area contributed by atoms with E-state index in [0.29, 0.717) is 0 Å². The average molecular weight is 729 g/mol. The van der Waals surface area contributed by atoms with E-state index in [2.05, 4.69) is 222 Å². The van der Waals surface area contributed by atoms with Crippen molar-refractivity contribution in [2.45, 2.75) is 0 Å². The molecule has 268 valence electrons. The maximum Gasteiger partial charge on any atom is 0.145 e. The standard InChI is InChI=1S/C54H36N2O/c1-3-14-37(15-4-1)39-26-30-42(31-27-39)55(44-19-13-18-41(36-44)38-16-5-2-6-17-38)51-35-34-48-47-22-9-12-25-52(47)57-54(48)53(51)40-28-32-43(33-29-40)56-49-23-10-7-20-45(49)46-21-8-11-24-50(46)56/h1-36H. The van der Waals surface area contributed by atoms with Gasteiger partial charge in [0.1, 0.15) is 11.2 Å². The molecule has 0 fully saturated rings. The third-order valence-corrected chi connectivity index (χ3v) is 11.2. The van der Waals surface area contributed by atoms with Crippen molar-refractivity contribution in [1.29, 1.82) is 0 Å². The molecule has 0 atom stereocenters. The van der Waals surface area contributed by atoms with E-state index < -0.39 is 0 Å². The van der Waals surface area contributed by atoms with E-state index in [1.807, 2.05) is 6.07 Å². The highest BCUT2D eigenvalue weighted by atomic mass is 16.3. The maximum atomic E-state index is 6.86. The normalized spacial score (nSPS) is 11.5. The number of nitrogens with zero attached hydrogens (tertiary/aromatic N) is 2. The molecule has 0 bridgehead atoms. The second kappa shape index (κ2) is 13.6. The fourth-order valence-corrected chi connectivity index (χ4v) is 8.54. The van der Waals surface area contributed by atoms with Crippen molar-refractivity contribution in [2.24, 2.45) is 0 Å². The molecule has 0 aliphatic carbocycles. The lowest BCUT2D eigenvalue weighted by Gasteiger charge is -2.28. The summed E-state index contributed by atoms with van der Waals surface area (Å²) in [5.74, 6) is 0. The number of hydrogen-bond donors (Lipinski definition) is 0. The van der Waals surface area contributed by atoms with Gasteiger partial charge in [-0.25, -0.2) is 0 Å². The molecule has 0 radical (unpaired) electrons. The lowest BCUT2D eigenvalue weighted by molar-refractivity contribution is 0.670. The van der Waals surface area contributed by atoms with Gasteiger partial charge in [-0.2, -0.15) is 0 Å². The maximum absolute atomic E-state index is 6.86. The van der Waals surface area contributed by atoms with Crippen molar-refractivity contribution >= 4 is 60.8 Å². The Balaban J connectivity index is 1.14. The number of para-hydroxylation sites is 3. The fourth-order valence-electron chi connectivity index (χ4n) is 8.54. The summed E-state index contributed by atoms with van der Waals surface area (Å²) < 4.78 is 9.22. The van der Waals surface area contributed by atoms with Crippen LogP contribution in [-0.4, -0.2) is 4.57 Å². The molecule has 11 rings (SSSR count). The lowest BCUT2D eigenvalue weighted by atomic mass is 9.97. The van der Waals surface area contributed by atoms with Crippen LogP contribution >= 0.6 is 0 Å². The molecule has 3 nitrogen and oxygen atoms in total. The van der Waals surface area contributed by atoms with E-state index in [4.69, 9.17) is 4.42 Å². The predicted octanol–water partition coefficient (Wildman–Crippen LogP) is 15.2. The quantitative estimate of drug-likeness (QED) is 0.163. The van der Waals surface area contributed by atoms with Gasteiger partial charge in [0.2, 0.25) is 0 Å². The molecule has 0 spiro atoms. The van der Waals surface area contributed by atoms with Crippen LogP contribution in [-0.2, 0) is 0 Å². The van der Waals surface area contributed by atoms with E-state index in [-0.39, 0.29) is 0 Å². The van der Waals surface area contributed by atoms with E-state index in [1.54, 1.807) is 0 Å². The van der Waals surface area contributed by atoms with Gasteiger partial charge in [-0.15, -0.1) is 0 Å². The highest BCUT2D eigenvalue weighted by Gasteiger charge is 2.23. The average Bonchev–Trinajstić information content (AvgIpc) is 3.83. The van der Waals surface area contributed by atoms with Gasteiger partial charge in [-0.1, -0.05) is 152 Å². The molecule has 57 heavy (non-hydrogen) atoms. The van der Waals surface area contributed by atoms with E-state index in [1.165, 1.54) is 38.5 Å². The largest absolute Gasteiger partial charge is 0.455 e. The Labute approximate surface area is 330 Å². The number of anilines is 3. The summed E-state index contributed by atoms with van der Waals surface area (Å²) in [6.45, 7) is 0. The number of hydrogen-bond acceptors (Lipinski definition) is 2. The second-order valence-corrected chi connectivity index (χ2v) is 14.5. The number of furan rings is 1. The number of benzene rings is 9. The molecule has 0 unspecified atom stereocenters. The molecule has 0 N–H and O–H groups in total. The van der Waals surface area contributed by atoms with Crippen LogP contribution in [0.25, 0.3) is 82.8 Å². The molecule has 0 aliphatic heterocycles. The van der Waals surface area contributed by atoms with E-state index >= 15 is 0 Å². The summed E-state index contributed by atoms with van der Waals surface area (Å²) in [4.78, 5) is 2.38. The third-order valence-electron chi connectivity index (χ3n) is 11.2. The molecule has 2 aromatic heterocycles. The summed E-state index contributed by atoms with van der Waals surface area (Å²) in [5, 5.41) is 4.69. The van der Waals surface area contributed by atoms with Gasteiger partial charge in [-0.05, 0) is 94.5 Å². The minimum absolute atomic E-state index is 0.864. The molecular formula is C54H36N2O. The Morgan fingerprint density at radius 1 is 0.351 bits per heavy atom. The topological polar surface area (TPSA) is 21.3 Å². The van der Waals surface area contributed by atoms with Gasteiger partial charge < -0.3 is 13.9 Å². The molecule has 11 aromatic rings. The summed E-state index contributed by atoms with van der Waals surface area (Å²) in [7, 11) is 0. The molecule has 9 aromatic carbocycles. The highest BCUT2D eigenvalue weighted by molar-refractivity contribution is 6.13. The van der Waals surface area contributed by atoms with Crippen LogP contribution in [0.15, 0.2) is 223 Å². The molecule has 0 aliphatic rings.